The van der Waals surface area contributed by atoms with Crippen LogP contribution in [0.5, 0.6) is 0 Å². The maximum absolute atomic E-state index is 5.78. The van der Waals surface area contributed by atoms with Crippen molar-refractivity contribution in [2.45, 2.75) is 38.8 Å². The first-order valence-corrected chi connectivity index (χ1v) is 5.60. The molecule has 1 heterocycles. The van der Waals surface area contributed by atoms with Gasteiger partial charge in [-0.15, -0.1) is 0 Å². The standard InChI is InChI=1S/C11H20N4/c1-8-10(7-12)11(15(3)13-8)14(2)9-5-4-6-9/h9H,4-7,12H2,1-3H3. The van der Waals surface area contributed by atoms with Crippen molar-refractivity contribution in [3.63, 3.8) is 0 Å². The van der Waals surface area contributed by atoms with Crippen molar-refractivity contribution in [1.29, 1.82) is 0 Å². The summed E-state index contributed by atoms with van der Waals surface area (Å²) in [6.07, 6.45) is 3.94. The molecule has 0 bridgehead atoms. The molecule has 1 aliphatic carbocycles. The lowest BCUT2D eigenvalue weighted by molar-refractivity contribution is 0.395. The van der Waals surface area contributed by atoms with E-state index in [1.807, 2.05) is 18.7 Å². The van der Waals surface area contributed by atoms with Gasteiger partial charge in [0.15, 0.2) is 0 Å². The van der Waals surface area contributed by atoms with E-state index in [1.54, 1.807) is 0 Å². The van der Waals surface area contributed by atoms with Gasteiger partial charge in [-0.05, 0) is 26.2 Å². The molecule has 0 amide bonds. The summed E-state index contributed by atoms with van der Waals surface area (Å²) in [7, 11) is 4.15. The van der Waals surface area contributed by atoms with Crippen LogP contribution in [-0.4, -0.2) is 22.9 Å². The molecule has 0 radical (unpaired) electrons. The molecule has 1 saturated carbocycles. The first kappa shape index (κ1) is 10.5. The van der Waals surface area contributed by atoms with E-state index in [0.29, 0.717) is 12.6 Å². The van der Waals surface area contributed by atoms with Crippen LogP contribution in [0.25, 0.3) is 0 Å². The zero-order chi connectivity index (χ0) is 11.0. The van der Waals surface area contributed by atoms with Gasteiger partial charge in [-0.1, -0.05) is 0 Å². The van der Waals surface area contributed by atoms with Crippen LogP contribution in [0.3, 0.4) is 0 Å². The smallest absolute Gasteiger partial charge is 0.131 e. The zero-order valence-corrected chi connectivity index (χ0v) is 9.82. The fourth-order valence-electron chi connectivity index (χ4n) is 2.32. The fourth-order valence-corrected chi connectivity index (χ4v) is 2.32. The molecule has 15 heavy (non-hydrogen) atoms. The fraction of sp³-hybridized carbons (Fsp3) is 0.727. The van der Waals surface area contributed by atoms with Gasteiger partial charge in [-0.25, -0.2) is 0 Å². The molecular formula is C11H20N4. The van der Waals surface area contributed by atoms with Crippen molar-refractivity contribution >= 4 is 5.82 Å². The summed E-state index contributed by atoms with van der Waals surface area (Å²) in [5.74, 6) is 1.19. The monoisotopic (exact) mass is 208 g/mol. The predicted molar refractivity (Wildman–Crippen MR) is 61.9 cm³/mol. The summed E-state index contributed by atoms with van der Waals surface area (Å²) >= 11 is 0. The third-order valence-electron chi connectivity index (χ3n) is 3.47. The van der Waals surface area contributed by atoms with Crippen LogP contribution in [0.1, 0.15) is 30.5 Å². The molecule has 2 N–H and O–H groups in total. The van der Waals surface area contributed by atoms with Crippen LogP contribution in [-0.2, 0) is 13.6 Å². The highest BCUT2D eigenvalue weighted by atomic mass is 15.4. The maximum Gasteiger partial charge on any atom is 0.131 e. The van der Waals surface area contributed by atoms with E-state index in [0.717, 1.165) is 5.69 Å². The van der Waals surface area contributed by atoms with Crippen molar-refractivity contribution in [3.8, 4) is 0 Å². The Balaban J connectivity index is 2.32. The first-order valence-electron chi connectivity index (χ1n) is 5.60. The SMILES string of the molecule is Cc1nn(C)c(N(C)C2CCC2)c1CN. The van der Waals surface area contributed by atoms with Crippen molar-refractivity contribution in [1.82, 2.24) is 9.78 Å². The molecule has 0 atom stereocenters. The second-order valence-electron chi connectivity index (χ2n) is 4.41. The van der Waals surface area contributed by atoms with E-state index in [-0.39, 0.29) is 0 Å². The third-order valence-corrected chi connectivity index (χ3v) is 3.47. The molecule has 1 aromatic rings. The van der Waals surface area contributed by atoms with Gasteiger partial charge in [0.2, 0.25) is 0 Å². The zero-order valence-electron chi connectivity index (χ0n) is 9.82. The minimum atomic E-state index is 0.575. The van der Waals surface area contributed by atoms with E-state index in [1.165, 1.54) is 30.6 Å². The summed E-state index contributed by atoms with van der Waals surface area (Å²) in [5, 5.41) is 4.44. The third kappa shape index (κ3) is 1.63. The van der Waals surface area contributed by atoms with Crippen molar-refractivity contribution in [3.05, 3.63) is 11.3 Å². The molecular weight excluding hydrogens is 188 g/mol. The van der Waals surface area contributed by atoms with E-state index in [9.17, 15) is 0 Å². The van der Waals surface area contributed by atoms with Gasteiger partial charge in [0.05, 0.1) is 5.69 Å². The van der Waals surface area contributed by atoms with Crippen LogP contribution in [0.4, 0.5) is 5.82 Å². The summed E-state index contributed by atoms with van der Waals surface area (Å²) in [4.78, 5) is 2.34. The van der Waals surface area contributed by atoms with Gasteiger partial charge in [-0.2, -0.15) is 5.10 Å². The van der Waals surface area contributed by atoms with E-state index in [2.05, 4.69) is 17.0 Å². The molecule has 1 fully saturated rings. The largest absolute Gasteiger partial charge is 0.357 e. The molecule has 4 heteroatoms. The average molecular weight is 208 g/mol. The lowest BCUT2D eigenvalue weighted by Gasteiger charge is -2.36. The van der Waals surface area contributed by atoms with Gasteiger partial charge in [-0.3, -0.25) is 4.68 Å². The highest BCUT2D eigenvalue weighted by Gasteiger charge is 2.26. The molecule has 0 spiro atoms. The number of aromatic nitrogens is 2. The highest BCUT2D eigenvalue weighted by molar-refractivity contribution is 5.50. The number of anilines is 1. The lowest BCUT2D eigenvalue weighted by Crippen LogP contribution is -2.38. The normalized spacial score (nSPS) is 16.5. The Hall–Kier alpha value is -1.03. The predicted octanol–water partition coefficient (Wildman–Crippen LogP) is 1.18. The molecule has 0 aromatic carbocycles. The minimum Gasteiger partial charge on any atom is -0.357 e. The van der Waals surface area contributed by atoms with Gasteiger partial charge < -0.3 is 10.6 Å². The highest BCUT2D eigenvalue weighted by Crippen LogP contribution is 2.30. The summed E-state index contributed by atoms with van der Waals surface area (Å²) in [6.45, 7) is 2.60. The van der Waals surface area contributed by atoms with Crippen molar-refractivity contribution in [2.75, 3.05) is 11.9 Å². The molecule has 84 valence electrons. The van der Waals surface area contributed by atoms with Crippen LogP contribution < -0.4 is 10.6 Å². The Kier molecular flexibility index (Phi) is 2.69. The van der Waals surface area contributed by atoms with E-state index in [4.69, 9.17) is 5.73 Å². The summed E-state index contributed by atoms with van der Waals surface area (Å²) in [6, 6.07) is 0.685. The number of rotatable bonds is 3. The van der Waals surface area contributed by atoms with Gasteiger partial charge in [0.25, 0.3) is 0 Å². The van der Waals surface area contributed by atoms with Crippen molar-refractivity contribution in [2.24, 2.45) is 12.8 Å². The number of hydrogen-bond donors (Lipinski definition) is 1. The number of nitrogens with two attached hydrogens (primary N) is 1. The van der Waals surface area contributed by atoms with Gasteiger partial charge in [0, 0.05) is 32.2 Å². The van der Waals surface area contributed by atoms with Crippen LogP contribution in [0.2, 0.25) is 0 Å². The Bertz CT molecular complexity index is 352. The Morgan fingerprint density at radius 1 is 1.53 bits per heavy atom. The molecule has 1 aromatic heterocycles. The second kappa shape index (κ2) is 3.85. The van der Waals surface area contributed by atoms with Crippen LogP contribution >= 0.6 is 0 Å². The molecule has 0 saturated heterocycles. The average Bonchev–Trinajstić information content (AvgIpc) is 2.37. The first-order chi connectivity index (χ1) is 7.15. The molecule has 0 unspecified atom stereocenters. The van der Waals surface area contributed by atoms with Crippen LogP contribution in [0, 0.1) is 6.92 Å². The maximum atomic E-state index is 5.78. The van der Waals surface area contributed by atoms with Crippen LogP contribution in [0.15, 0.2) is 0 Å². The second-order valence-corrected chi connectivity index (χ2v) is 4.41. The van der Waals surface area contributed by atoms with Gasteiger partial charge >= 0.3 is 0 Å². The Morgan fingerprint density at radius 2 is 2.20 bits per heavy atom. The van der Waals surface area contributed by atoms with E-state index < -0.39 is 0 Å². The quantitative estimate of drug-likeness (QED) is 0.811. The number of hydrogen-bond acceptors (Lipinski definition) is 3. The number of aryl methyl sites for hydroxylation is 2. The number of nitrogens with zero attached hydrogens (tertiary/aromatic N) is 3. The summed E-state index contributed by atoms with van der Waals surface area (Å²) in [5.41, 5.74) is 8.03. The molecule has 4 nitrogen and oxygen atoms in total. The molecule has 1 aliphatic rings. The summed E-state index contributed by atoms with van der Waals surface area (Å²) < 4.78 is 1.95. The Morgan fingerprint density at radius 3 is 2.67 bits per heavy atom. The topological polar surface area (TPSA) is 47.1 Å². The van der Waals surface area contributed by atoms with E-state index >= 15 is 0 Å². The van der Waals surface area contributed by atoms with Crippen molar-refractivity contribution < 1.29 is 0 Å². The molecule has 0 aliphatic heterocycles. The van der Waals surface area contributed by atoms with Gasteiger partial charge in [0.1, 0.15) is 5.82 Å². The lowest BCUT2D eigenvalue weighted by atomic mass is 9.91. The Labute approximate surface area is 91.1 Å². The molecule has 2 rings (SSSR count). The minimum absolute atomic E-state index is 0.575.